The van der Waals surface area contributed by atoms with E-state index in [1.807, 2.05) is 6.92 Å². The molecular weight excluding hydrogens is 448 g/mol. The Labute approximate surface area is 195 Å². The zero-order valence-electron chi connectivity index (χ0n) is 18.7. The summed E-state index contributed by atoms with van der Waals surface area (Å²) in [7, 11) is 0. The lowest BCUT2D eigenvalue weighted by Gasteiger charge is -2.30. The molecule has 1 fully saturated rings. The molecule has 0 aliphatic heterocycles. The van der Waals surface area contributed by atoms with Crippen LogP contribution in [-0.4, -0.2) is 25.7 Å². The van der Waals surface area contributed by atoms with Gasteiger partial charge < -0.3 is 10.4 Å². The third kappa shape index (κ3) is 4.11. The number of fused-ring (bicyclic) bond motifs is 1. The van der Waals surface area contributed by atoms with Gasteiger partial charge in [0.2, 0.25) is 0 Å². The minimum atomic E-state index is -3.42. The lowest BCUT2D eigenvalue weighted by Crippen LogP contribution is -2.40. The third-order valence-electron chi connectivity index (χ3n) is 6.10. The number of pyridine rings is 1. The zero-order valence-corrected chi connectivity index (χ0v) is 19.5. The van der Waals surface area contributed by atoms with Crippen molar-refractivity contribution in [2.24, 2.45) is 0 Å². The Bertz CT molecular complexity index is 1280. The van der Waals surface area contributed by atoms with Crippen molar-refractivity contribution in [1.82, 2.24) is 15.0 Å². The Kier molecular flexibility index (Phi) is 5.54. The van der Waals surface area contributed by atoms with Crippen LogP contribution in [0.5, 0.6) is 0 Å². The molecule has 1 saturated carbocycles. The lowest BCUT2D eigenvalue weighted by atomic mass is 9.91. The fraction of sp³-hybridized carbons (Fsp3) is 0.417. The molecule has 1 aromatic carbocycles. The van der Waals surface area contributed by atoms with Crippen LogP contribution in [0.25, 0.3) is 11.0 Å². The van der Waals surface area contributed by atoms with E-state index in [1.165, 1.54) is 18.2 Å². The summed E-state index contributed by atoms with van der Waals surface area (Å²) in [5.41, 5.74) is -1.48. The zero-order chi connectivity index (χ0) is 24.2. The Morgan fingerprint density at radius 1 is 1.21 bits per heavy atom. The number of hydrogen-bond acceptors (Lipinski definition) is 6. The molecule has 172 valence electrons. The number of alkyl halides is 2. The van der Waals surface area contributed by atoms with Crippen LogP contribution in [0.3, 0.4) is 0 Å². The number of aryl methyl sites for hydroxylation is 1. The predicted molar refractivity (Wildman–Crippen MR) is 122 cm³/mol. The SMILES string of the molecule is Cc1nc(N[C@H](C)c2cccc(C(F)(F)C(C)(C)O)c2)c2cc(C3(C#N)CC3)c(Cl)nc2n1. The first-order valence-corrected chi connectivity index (χ1v) is 11.0. The summed E-state index contributed by atoms with van der Waals surface area (Å²) in [6.07, 6.45) is 1.43. The molecule has 33 heavy (non-hydrogen) atoms. The van der Waals surface area contributed by atoms with Gasteiger partial charge in [0.1, 0.15) is 22.4 Å². The molecule has 3 aromatic rings. The highest BCUT2D eigenvalue weighted by molar-refractivity contribution is 6.30. The maximum absolute atomic E-state index is 14.7. The normalized spacial score (nSPS) is 16.3. The quantitative estimate of drug-likeness (QED) is 0.456. The second kappa shape index (κ2) is 7.86. The Balaban J connectivity index is 1.73. The van der Waals surface area contributed by atoms with Crippen LogP contribution in [0.15, 0.2) is 30.3 Å². The summed E-state index contributed by atoms with van der Waals surface area (Å²) in [4.78, 5) is 13.3. The maximum atomic E-state index is 14.7. The van der Waals surface area contributed by atoms with Crippen LogP contribution in [0, 0.1) is 18.3 Å². The van der Waals surface area contributed by atoms with Crippen LogP contribution in [-0.2, 0) is 11.3 Å². The second-order valence-corrected chi connectivity index (χ2v) is 9.49. The molecule has 0 bridgehead atoms. The van der Waals surface area contributed by atoms with Gasteiger partial charge in [-0.3, -0.25) is 0 Å². The second-order valence-electron chi connectivity index (χ2n) is 9.14. The van der Waals surface area contributed by atoms with Crippen molar-refractivity contribution in [2.75, 3.05) is 5.32 Å². The van der Waals surface area contributed by atoms with Crippen molar-refractivity contribution in [3.8, 4) is 6.07 Å². The van der Waals surface area contributed by atoms with E-state index in [0.717, 1.165) is 13.8 Å². The van der Waals surface area contributed by atoms with Gasteiger partial charge in [0.05, 0.1) is 16.9 Å². The van der Waals surface area contributed by atoms with E-state index in [-0.39, 0.29) is 10.7 Å². The van der Waals surface area contributed by atoms with Crippen molar-refractivity contribution < 1.29 is 13.9 Å². The summed E-state index contributed by atoms with van der Waals surface area (Å²) in [5, 5.41) is 23.7. The smallest absolute Gasteiger partial charge is 0.300 e. The van der Waals surface area contributed by atoms with Gasteiger partial charge in [0.15, 0.2) is 5.65 Å². The molecule has 0 spiro atoms. The molecule has 1 aliphatic carbocycles. The summed E-state index contributed by atoms with van der Waals surface area (Å²) in [6.45, 7) is 5.72. The van der Waals surface area contributed by atoms with Crippen molar-refractivity contribution >= 4 is 28.5 Å². The molecule has 9 heteroatoms. The van der Waals surface area contributed by atoms with Gasteiger partial charge >= 0.3 is 5.92 Å². The Morgan fingerprint density at radius 3 is 2.52 bits per heavy atom. The molecule has 0 amide bonds. The van der Waals surface area contributed by atoms with Gasteiger partial charge in [-0.1, -0.05) is 29.8 Å². The van der Waals surface area contributed by atoms with Gasteiger partial charge in [-0.25, -0.2) is 15.0 Å². The fourth-order valence-corrected chi connectivity index (χ4v) is 4.11. The number of nitrogens with zero attached hydrogens (tertiary/aromatic N) is 4. The van der Waals surface area contributed by atoms with Crippen molar-refractivity contribution in [1.29, 1.82) is 5.26 Å². The first kappa shape index (κ1) is 23.3. The van der Waals surface area contributed by atoms with Crippen molar-refractivity contribution in [2.45, 2.75) is 63.5 Å². The molecule has 0 radical (unpaired) electrons. The molecule has 0 unspecified atom stereocenters. The van der Waals surface area contributed by atoms with Gasteiger partial charge in [0.25, 0.3) is 0 Å². The van der Waals surface area contributed by atoms with Crippen LogP contribution >= 0.6 is 11.6 Å². The molecule has 4 rings (SSSR count). The number of aromatic nitrogens is 3. The maximum Gasteiger partial charge on any atom is 0.300 e. The molecule has 2 aromatic heterocycles. The highest BCUT2D eigenvalue weighted by Crippen LogP contribution is 2.50. The largest absolute Gasteiger partial charge is 0.384 e. The predicted octanol–water partition coefficient (Wildman–Crippen LogP) is 5.58. The van der Waals surface area contributed by atoms with Crippen molar-refractivity contribution in [3.63, 3.8) is 0 Å². The molecule has 2 N–H and O–H groups in total. The molecule has 1 atom stereocenters. The first-order valence-electron chi connectivity index (χ1n) is 10.6. The molecule has 0 saturated heterocycles. The van der Waals surface area contributed by atoms with Gasteiger partial charge in [-0.2, -0.15) is 14.0 Å². The molecule has 1 aliphatic rings. The summed E-state index contributed by atoms with van der Waals surface area (Å²) in [5.74, 6) is -2.48. The number of halogens is 3. The fourth-order valence-electron chi connectivity index (χ4n) is 3.80. The summed E-state index contributed by atoms with van der Waals surface area (Å²) >= 11 is 6.38. The minimum Gasteiger partial charge on any atom is -0.384 e. The van der Waals surface area contributed by atoms with Gasteiger partial charge in [-0.05, 0) is 58.2 Å². The number of benzene rings is 1. The third-order valence-corrected chi connectivity index (χ3v) is 6.39. The van der Waals surface area contributed by atoms with Crippen LogP contribution < -0.4 is 5.32 Å². The Hall–Kier alpha value is -2.89. The average molecular weight is 472 g/mol. The first-order chi connectivity index (χ1) is 15.4. The number of rotatable bonds is 6. The van der Waals surface area contributed by atoms with E-state index in [1.54, 1.807) is 19.1 Å². The molecule has 2 heterocycles. The van der Waals surface area contributed by atoms with E-state index in [9.17, 15) is 19.1 Å². The summed E-state index contributed by atoms with van der Waals surface area (Å²) < 4.78 is 29.4. The molecule has 6 nitrogen and oxygen atoms in total. The van der Waals surface area contributed by atoms with Gasteiger partial charge in [-0.15, -0.1) is 0 Å². The summed E-state index contributed by atoms with van der Waals surface area (Å²) in [6, 6.07) is 9.67. The number of aliphatic hydroxyl groups is 1. The van der Waals surface area contributed by atoms with E-state index in [2.05, 4.69) is 26.3 Å². The standard InChI is InChI=1S/C24H24ClF2N5O/c1-13(15-6-5-7-16(10-15)24(26,27)22(3,4)33)29-20-17-11-18(23(12-28)8-9-23)19(25)32-21(17)31-14(2)30-20/h5-7,10-11,13,33H,8-9H2,1-4H3,(H,29,30,31,32)/t13-/m1/s1. The number of nitrogens with one attached hydrogen (secondary N) is 1. The van der Waals surface area contributed by atoms with Crippen LogP contribution in [0.2, 0.25) is 5.15 Å². The van der Waals surface area contributed by atoms with E-state index >= 15 is 0 Å². The lowest BCUT2D eigenvalue weighted by molar-refractivity contribution is -0.168. The highest BCUT2D eigenvalue weighted by atomic mass is 35.5. The minimum absolute atomic E-state index is 0.250. The number of hydrogen-bond donors (Lipinski definition) is 2. The van der Waals surface area contributed by atoms with E-state index < -0.39 is 23.0 Å². The number of nitriles is 1. The average Bonchev–Trinajstić information content (AvgIpc) is 3.53. The van der Waals surface area contributed by atoms with E-state index in [0.29, 0.717) is 46.6 Å². The van der Waals surface area contributed by atoms with Crippen molar-refractivity contribution in [3.05, 3.63) is 58.0 Å². The molecular formula is C24H24ClF2N5O. The highest BCUT2D eigenvalue weighted by Gasteiger charge is 2.48. The Morgan fingerprint density at radius 2 is 1.91 bits per heavy atom. The van der Waals surface area contributed by atoms with Crippen LogP contribution in [0.1, 0.15) is 62.2 Å². The van der Waals surface area contributed by atoms with E-state index in [4.69, 9.17) is 11.6 Å². The van der Waals surface area contributed by atoms with Gasteiger partial charge in [0, 0.05) is 17.2 Å². The topological polar surface area (TPSA) is 94.7 Å². The number of anilines is 1. The monoisotopic (exact) mass is 471 g/mol. The van der Waals surface area contributed by atoms with Crippen LogP contribution in [0.4, 0.5) is 14.6 Å².